The first-order chi connectivity index (χ1) is 21.6. The first kappa shape index (κ1) is 38.2. The summed E-state index contributed by atoms with van der Waals surface area (Å²) in [5.74, 6) is -6.52. The average molecular weight is 680 g/mol. The SMILES string of the molecule is C.C.CN=P(C)(Oc1ccc(-c2c(C(=O)O)cc(C)cc2C(=O)O)cc1)Oc1ccc(-c2c(C(=O)O)cc(C(=O)O)cc2C(=O)O)cc1. The van der Waals surface area contributed by atoms with Crippen LogP contribution in [-0.4, -0.2) is 69.1 Å². The molecule has 0 amide bonds. The van der Waals surface area contributed by atoms with Crippen molar-refractivity contribution in [2.45, 2.75) is 21.8 Å². The van der Waals surface area contributed by atoms with Gasteiger partial charge in [-0.25, -0.2) is 28.7 Å². The van der Waals surface area contributed by atoms with Crippen LogP contribution < -0.4 is 9.05 Å². The summed E-state index contributed by atoms with van der Waals surface area (Å²) in [6.07, 6.45) is 0. The van der Waals surface area contributed by atoms with E-state index in [1.54, 1.807) is 13.6 Å². The summed E-state index contributed by atoms with van der Waals surface area (Å²) >= 11 is 0. The molecule has 0 aromatic heterocycles. The highest BCUT2D eigenvalue weighted by Crippen LogP contribution is 2.48. The zero-order chi connectivity index (χ0) is 33.9. The minimum atomic E-state index is -3.01. The number of rotatable bonds is 11. The highest BCUT2D eigenvalue weighted by molar-refractivity contribution is 7.56. The largest absolute Gasteiger partial charge is 0.478 e. The Bertz CT molecular complexity index is 1900. The molecular weight excluding hydrogens is 645 g/mol. The molecule has 13 nitrogen and oxygen atoms in total. The maximum Gasteiger partial charge on any atom is 0.336 e. The zero-order valence-electron chi connectivity index (χ0n) is 24.4. The van der Waals surface area contributed by atoms with E-state index in [2.05, 4.69) is 4.74 Å². The summed E-state index contributed by atoms with van der Waals surface area (Å²) in [5.41, 5.74) is -0.966. The van der Waals surface area contributed by atoms with Crippen molar-refractivity contribution in [1.82, 2.24) is 0 Å². The van der Waals surface area contributed by atoms with E-state index in [0.717, 1.165) is 12.1 Å². The van der Waals surface area contributed by atoms with Crippen molar-refractivity contribution in [3.05, 3.63) is 106 Å². The number of carboxylic acids is 5. The number of nitrogens with zero attached hydrogens (tertiary/aromatic N) is 1. The van der Waals surface area contributed by atoms with Crippen LogP contribution in [0.5, 0.6) is 11.5 Å². The molecule has 1 unspecified atom stereocenters. The predicted molar refractivity (Wildman–Crippen MR) is 179 cm³/mol. The van der Waals surface area contributed by atoms with Crippen molar-refractivity contribution in [3.8, 4) is 33.8 Å². The molecule has 14 heteroatoms. The lowest BCUT2D eigenvalue weighted by Crippen LogP contribution is -2.11. The first-order valence-electron chi connectivity index (χ1n) is 13.2. The Hall–Kier alpha value is -5.94. The summed E-state index contributed by atoms with van der Waals surface area (Å²) in [6, 6.07) is 16.4. The smallest absolute Gasteiger partial charge is 0.336 e. The van der Waals surface area contributed by atoms with Gasteiger partial charge in [-0.3, -0.25) is 0 Å². The van der Waals surface area contributed by atoms with Gasteiger partial charge in [-0.05, 0) is 72.1 Å². The zero-order valence-corrected chi connectivity index (χ0v) is 25.3. The van der Waals surface area contributed by atoms with E-state index in [4.69, 9.17) is 9.05 Å². The lowest BCUT2D eigenvalue weighted by Gasteiger charge is -2.22. The summed E-state index contributed by atoms with van der Waals surface area (Å²) in [4.78, 5) is 59.1. The lowest BCUT2D eigenvalue weighted by atomic mass is 9.92. The topological polar surface area (TPSA) is 217 Å². The van der Waals surface area contributed by atoms with E-state index in [1.807, 2.05) is 0 Å². The van der Waals surface area contributed by atoms with Gasteiger partial charge in [-0.1, -0.05) is 39.1 Å². The molecule has 0 radical (unpaired) electrons. The standard InChI is InChI=1S/C32H26NO12P.2CH4/c1-16-12-22(29(36)37)26(23(13-16)30(38)39)17-4-8-20(9-5-17)44-46(3,33-2)45-21-10-6-18(7-11-21)27-24(31(40)41)14-19(28(34)35)15-25(27)32(42)43;;/h4-15H,1-3H3,(H,34,35)(H,36,37)(H,38,39)(H,40,41)(H,42,43);2*1H4. The van der Waals surface area contributed by atoms with Gasteiger partial charge in [0.2, 0.25) is 0 Å². The van der Waals surface area contributed by atoms with E-state index < -0.39 is 54.0 Å². The minimum absolute atomic E-state index is 0. The van der Waals surface area contributed by atoms with Crippen LogP contribution in [0.25, 0.3) is 22.3 Å². The van der Waals surface area contributed by atoms with Gasteiger partial charge in [-0.15, -0.1) is 0 Å². The molecule has 0 aliphatic rings. The fraction of sp³-hybridized carbons (Fsp3) is 0.147. The Morgan fingerprint density at radius 3 is 1.15 bits per heavy atom. The third kappa shape index (κ3) is 8.06. The van der Waals surface area contributed by atoms with Crippen molar-refractivity contribution in [2.75, 3.05) is 13.7 Å². The molecule has 1 atom stereocenters. The van der Waals surface area contributed by atoms with Crippen molar-refractivity contribution < 1.29 is 58.6 Å². The third-order valence-electron chi connectivity index (χ3n) is 6.79. The van der Waals surface area contributed by atoms with Crippen LogP contribution in [0.1, 0.15) is 72.2 Å². The molecule has 4 aromatic rings. The number of aryl methyl sites for hydroxylation is 1. The van der Waals surface area contributed by atoms with Crippen molar-refractivity contribution in [3.63, 3.8) is 0 Å². The van der Waals surface area contributed by atoms with Crippen LogP contribution >= 0.6 is 7.51 Å². The second-order valence-corrected chi connectivity index (χ2v) is 12.3. The maximum atomic E-state index is 11.9. The highest BCUT2D eigenvalue weighted by Gasteiger charge is 2.25. The molecule has 4 aromatic carbocycles. The lowest BCUT2D eigenvalue weighted by molar-refractivity contribution is 0.0673. The van der Waals surface area contributed by atoms with E-state index in [-0.39, 0.29) is 48.4 Å². The highest BCUT2D eigenvalue weighted by atomic mass is 31.2. The van der Waals surface area contributed by atoms with Gasteiger partial charge in [0.05, 0.1) is 27.8 Å². The first-order valence-corrected chi connectivity index (χ1v) is 15.2. The van der Waals surface area contributed by atoms with Crippen LogP contribution in [-0.2, 0) is 0 Å². The second-order valence-electron chi connectivity index (χ2n) is 9.94. The Kier molecular flexibility index (Phi) is 12.0. The molecule has 0 saturated carbocycles. The molecule has 0 fully saturated rings. The molecule has 4 rings (SSSR count). The Morgan fingerprint density at radius 1 is 0.562 bits per heavy atom. The molecule has 0 saturated heterocycles. The van der Waals surface area contributed by atoms with Gasteiger partial charge in [0.25, 0.3) is 0 Å². The fourth-order valence-electron chi connectivity index (χ4n) is 4.71. The number of aromatic carboxylic acids is 5. The van der Waals surface area contributed by atoms with Gasteiger partial charge in [0.15, 0.2) is 0 Å². The van der Waals surface area contributed by atoms with Gasteiger partial charge in [0, 0.05) is 24.8 Å². The Balaban J connectivity index is 0.00000400. The molecule has 0 spiro atoms. The number of benzene rings is 4. The third-order valence-corrected chi connectivity index (χ3v) is 8.61. The Morgan fingerprint density at radius 2 is 0.875 bits per heavy atom. The van der Waals surface area contributed by atoms with Gasteiger partial charge in [0.1, 0.15) is 11.5 Å². The molecule has 5 N–H and O–H groups in total. The van der Waals surface area contributed by atoms with Crippen LogP contribution in [0.4, 0.5) is 0 Å². The monoisotopic (exact) mass is 679 g/mol. The van der Waals surface area contributed by atoms with Gasteiger partial charge >= 0.3 is 37.4 Å². The minimum Gasteiger partial charge on any atom is -0.478 e. The number of carboxylic acid groups (broad SMARTS) is 5. The van der Waals surface area contributed by atoms with Crippen LogP contribution in [0.2, 0.25) is 0 Å². The predicted octanol–water partition coefficient (Wildman–Crippen LogP) is 7.84. The molecular formula is C34H34NO12P. The molecule has 48 heavy (non-hydrogen) atoms. The van der Waals surface area contributed by atoms with Crippen LogP contribution in [0.3, 0.4) is 0 Å². The van der Waals surface area contributed by atoms with E-state index in [0.29, 0.717) is 16.9 Å². The quantitative estimate of drug-likeness (QED) is 0.0958. The number of carbonyl (C=O) groups is 5. The normalized spacial score (nSPS) is 11.5. The number of hydrogen-bond donors (Lipinski definition) is 5. The second kappa shape index (κ2) is 15.1. The molecule has 0 aliphatic heterocycles. The molecule has 252 valence electrons. The average Bonchev–Trinajstić information content (AvgIpc) is 3.00. The molecule has 0 aliphatic carbocycles. The summed E-state index contributed by atoms with van der Waals surface area (Å²) in [6.45, 7) is 3.21. The van der Waals surface area contributed by atoms with Gasteiger partial charge in [-0.2, -0.15) is 0 Å². The summed E-state index contributed by atoms with van der Waals surface area (Å²) in [5, 5.41) is 48.1. The summed E-state index contributed by atoms with van der Waals surface area (Å²) in [7, 11) is -1.53. The molecule has 0 heterocycles. The fourth-order valence-corrected chi connectivity index (χ4v) is 5.93. The van der Waals surface area contributed by atoms with E-state index >= 15 is 0 Å². The van der Waals surface area contributed by atoms with Crippen LogP contribution in [0.15, 0.2) is 77.5 Å². The van der Waals surface area contributed by atoms with Crippen LogP contribution in [0, 0.1) is 6.92 Å². The van der Waals surface area contributed by atoms with Crippen molar-refractivity contribution in [2.24, 2.45) is 4.74 Å². The Labute approximate surface area is 275 Å². The maximum absolute atomic E-state index is 11.9. The summed E-state index contributed by atoms with van der Waals surface area (Å²) < 4.78 is 16.3. The van der Waals surface area contributed by atoms with E-state index in [9.17, 15) is 49.5 Å². The van der Waals surface area contributed by atoms with Gasteiger partial charge < -0.3 is 34.6 Å². The van der Waals surface area contributed by atoms with Crippen molar-refractivity contribution >= 4 is 37.4 Å². The van der Waals surface area contributed by atoms with Crippen molar-refractivity contribution in [1.29, 1.82) is 0 Å². The molecule has 0 bridgehead atoms. The number of hydrogen-bond acceptors (Lipinski definition) is 8. The van der Waals surface area contributed by atoms with E-state index in [1.165, 1.54) is 67.7 Å².